The fraction of sp³-hybridized carbons (Fsp3) is 0.296. The predicted octanol–water partition coefficient (Wildman–Crippen LogP) is 3.36. The Hall–Kier alpha value is -3.96. The Kier molecular flexibility index (Phi) is 7.30. The lowest BCUT2D eigenvalue weighted by Crippen LogP contribution is -2.37. The number of hydrogen-bond acceptors (Lipinski definition) is 6. The van der Waals surface area contributed by atoms with Gasteiger partial charge in [0.05, 0.1) is 35.9 Å². The van der Waals surface area contributed by atoms with Crippen LogP contribution in [0.5, 0.6) is 0 Å². The Morgan fingerprint density at radius 1 is 1.13 bits per heavy atom. The number of halogens is 3. The minimum absolute atomic E-state index is 0.148. The monoisotopic (exact) mass is 526 g/mol. The maximum Gasteiger partial charge on any atom is 0.493 e. The molecule has 5 rings (SSSR count). The highest BCUT2D eigenvalue weighted by atomic mass is 19.4. The largest absolute Gasteiger partial charge is 0.493 e. The van der Waals surface area contributed by atoms with Gasteiger partial charge in [-0.3, -0.25) is 14.7 Å². The standard InChI is InChI=1S/C27H25F3N4O4/c28-27(29,30)26(36)38-34-23-8-10-32-25(35)22(23)16-24(34)19-7-9-31-21(15-19)6-5-18-3-1-2-4-20(18)17-33-11-13-37-14-12-33/h1-7,9,15-16H,8,10-14,17H2,(H,32,35)/b6-5+. The number of carbonyl (C=O) groups excluding carboxylic acids is 2. The van der Waals surface area contributed by atoms with Gasteiger partial charge in [0.2, 0.25) is 0 Å². The van der Waals surface area contributed by atoms with Crippen molar-refractivity contribution >= 4 is 24.0 Å². The van der Waals surface area contributed by atoms with E-state index in [9.17, 15) is 22.8 Å². The summed E-state index contributed by atoms with van der Waals surface area (Å²) in [7, 11) is 0. The number of fused-ring (bicyclic) bond motifs is 1. The minimum atomic E-state index is -5.19. The number of amides is 1. The van der Waals surface area contributed by atoms with E-state index in [2.05, 4.69) is 21.3 Å². The van der Waals surface area contributed by atoms with Crippen LogP contribution in [0.3, 0.4) is 0 Å². The van der Waals surface area contributed by atoms with Gasteiger partial charge < -0.3 is 14.9 Å². The molecule has 2 aliphatic heterocycles. The molecular weight excluding hydrogens is 501 g/mol. The molecule has 4 heterocycles. The normalized spacial score (nSPS) is 16.3. The molecule has 8 nitrogen and oxygen atoms in total. The van der Waals surface area contributed by atoms with Crippen molar-refractivity contribution < 1.29 is 32.3 Å². The van der Waals surface area contributed by atoms with E-state index in [-0.39, 0.29) is 29.9 Å². The minimum Gasteiger partial charge on any atom is -0.379 e. The molecule has 0 bridgehead atoms. The molecule has 38 heavy (non-hydrogen) atoms. The van der Waals surface area contributed by atoms with Crippen molar-refractivity contribution in [2.24, 2.45) is 0 Å². The van der Waals surface area contributed by atoms with Crippen molar-refractivity contribution in [2.75, 3.05) is 32.8 Å². The lowest BCUT2D eigenvalue weighted by molar-refractivity contribution is -0.199. The zero-order valence-electron chi connectivity index (χ0n) is 20.3. The first-order chi connectivity index (χ1) is 18.3. The molecule has 198 valence electrons. The van der Waals surface area contributed by atoms with Crippen molar-refractivity contribution in [3.63, 3.8) is 0 Å². The topological polar surface area (TPSA) is 85.7 Å². The van der Waals surface area contributed by atoms with E-state index in [1.807, 2.05) is 30.4 Å². The maximum atomic E-state index is 13.0. The van der Waals surface area contributed by atoms with Crippen LogP contribution in [0.4, 0.5) is 13.2 Å². The summed E-state index contributed by atoms with van der Waals surface area (Å²) >= 11 is 0. The van der Waals surface area contributed by atoms with Crippen LogP contribution in [0, 0.1) is 0 Å². The number of hydrogen-bond donors (Lipinski definition) is 1. The van der Waals surface area contributed by atoms with E-state index in [0.29, 0.717) is 24.5 Å². The maximum absolute atomic E-state index is 13.0. The van der Waals surface area contributed by atoms with Gasteiger partial charge in [-0.2, -0.15) is 17.9 Å². The summed E-state index contributed by atoms with van der Waals surface area (Å²) in [5.41, 5.74) is 3.66. The number of ether oxygens (including phenoxy) is 1. The molecule has 2 aliphatic rings. The Bertz CT molecular complexity index is 1380. The third-order valence-electron chi connectivity index (χ3n) is 6.42. The third-order valence-corrected chi connectivity index (χ3v) is 6.42. The summed E-state index contributed by atoms with van der Waals surface area (Å²) in [5.74, 6) is -2.81. The molecule has 0 saturated carbocycles. The first-order valence-electron chi connectivity index (χ1n) is 12.1. The van der Waals surface area contributed by atoms with Crippen molar-refractivity contribution in [3.05, 3.63) is 76.7 Å². The molecule has 1 aromatic carbocycles. The second-order valence-corrected chi connectivity index (χ2v) is 8.96. The first-order valence-corrected chi connectivity index (χ1v) is 12.1. The molecule has 0 spiro atoms. The molecule has 0 radical (unpaired) electrons. The lowest BCUT2D eigenvalue weighted by Gasteiger charge is -2.27. The van der Waals surface area contributed by atoms with Gasteiger partial charge in [-0.15, -0.1) is 0 Å². The number of nitrogens with zero attached hydrogens (tertiary/aromatic N) is 3. The highest BCUT2D eigenvalue weighted by Gasteiger charge is 2.43. The first kappa shape index (κ1) is 25.7. The van der Waals surface area contributed by atoms with E-state index in [1.54, 1.807) is 12.1 Å². The average molecular weight is 527 g/mol. The molecule has 1 amide bonds. The van der Waals surface area contributed by atoms with Gasteiger partial charge in [0.25, 0.3) is 5.91 Å². The zero-order valence-corrected chi connectivity index (χ0v) is 20.3. The summed E-state index contributed by atoms with van der Waals surface area (Å²) in [6, 6.07) is 12.7. The van der Waals surface area contributed by atoms with E-state index >= 15 is 0 Å². The van der Waals surface area contributed by atoms with E-state index in [4.69, 9.17) is 9.57 Å². The quantitative estimate of drug-likeness (QED) is 0.531. The average Bonchev–Trinajstić information content (AvgIpc) is 3.28. The molecule has 1 fully saturated rings. The van der Waals surface area contributed by atoms with Crippen molar-refractivity contribution in [1.82, 2.24) is 19.9 Å². The zero-order chi connectivity index (χ0) is 26.7. The fourth-order valence-electron chi connectivity index (χ4n) is 4.51. The van der Waals surface area contributed by atoms with Crippen LogP contribution in [-0.4, -0.2) is 65.5 Å². The fourth-order valence-corrected chi connectivity index (χ4v) is 4.51. The Morgan fingerprint density at radius 2 is 1.92 bits per heavy atom. The Labute approximate surface area is 216 Å². The summed E-state index contributed by atoms with van der Waals surface area (Å²) in [5, 5.41) is 2.65. The van der Waals surface area contributed by atoms with Gasteiger partial charge in [-0.25, -0.2) is 4.79 Å². The summed E-state index contributed by atoms with van der Waals surface area (Å²) in [4.78, 5) is 35.4. The SMILES string of the molecule is O=C1NCCc2c1cc(-c1ccnc(/C=C/c3ccccc3CN3CCOCC3)c1)n2OC(=O)C(F)(F)F. The van der Waals surface area contributed by atoms with Crippen LogP contribution < -0.4 is 10.2 Å². The number of alkyl halides is 3. The second-order valence-electron chi connectivity index (χ2n) is 8.96. The van der Waals surface area contributed by atoms with Crippen LogP contribution in [0.15, 0.2) is 48.7 Å². The lowest BCUT2D eigenvalue weighted by atomic mass is 10.1. The molecule has 3 aromatic rings. The molecule has 0 unspecified atom stereocenters. The van der Waals surface area contributed by atoms with Crippen LogP contribution >= 0.6 is 0 Å². The number of morpholine rings is 1. The smallest absolute Gasteiger partial charge is 0.379 e. The second kappa shape index (κ2) is 10.8. The number of carbonyl (C=O) groups is 2. The van der Waals surface area contributed by atoms with Crippen LogP contribution in [-0.2, 0) is 22.5 Å². The van der Waals surface area contributed by atoms with E-state index in [1.165, 1.54) is 12.3 Å². The summed E-state index contributed by atoms with van der Waals surface area (Å²) < 4.78 is 45.2. The highest BCUT2D eigenvalue weighted by Crippen LogP contribution is 2.29. The number of pyridine rings is 1. The van der Waals surface area contributed by atoms with Crippen LogP contribution in [0.25, 0.3) is 23.4 Å². The van der Waals surface area contributed by atoms with Gasteiger partial charge >= 0.3 is 12.1 Å². The third kappa shape index (κ3) is 5.63. The van der Waals surface area contributed by atoms with E-state index in [0.717, 1.165) is 35.5 Å². The van der Waals surface area contributed by atoms with Crippen molar-refractivity contribution in [3.8, 4) is 11.3 Å². The van der Waals surface area contributed by atoms with Crippen LogP contribution in [0.2, 0.25) is 0 Å². The highest BCUT2D eigenvalue weighted by molar-refractivity contribution is 5.98. The molecule has 11 heteroatoms. The number of rotatable bonds is 6. The van der Waals surface area contributed by atoms with Gasteiger partial charge in [0.1, 0.15) is 0 Å². The molecule has 1 N–H and O–H groups in total. The van der Waals surface area contributed by atoms with Crippen molar-refractivity contribution in [1.29, 1.82) is 0 Å². The van der Waals surface area contributed by atoms with Crippen molar-refractivity contribution in [2.45, 2.75) is 19.1 Å². The molecule has 0 aliphatic carbocycles. The van der Waals surface area contributed by atoms with Gasteiger partial charge in [-0.05, 0) is 35.4 Å². The summed E-state index contributed by atoms with van der Waals surface area (Å²) in [6.45, 7) is 4.14. The van der Waals surface area contributed by atoms with E-state index < -0.39 is 18.1 Å². The Balaban J connectivity index is 1.45. The predicted molar refractivity (Wildman–Crippen MR) is 133 cm³/mol. The number of aromatic nitrogens is 2. The molecule has 1 saturated heterocycles. The van der Waals surface area contributed by atoms with Gasteiger partial charge in [0, 0.05) is 44.4 Å². The molecular formula is C27H25F3N4O4. The number of nitrogens with one attached hydrogen (secondary N) is 1. The van der Waals surface area contributed by atoms with Gasteiger partial charge in [-0.1, -0.05) is 30.3 Å². The Morgan fingerprint density at radius 3 is 2.71 bits per heavy atom. The van der Waals surface area contributed by atoms with Crippen LogP contribution in [0.1, 0.15) is 32.9 Å². The van der Waals surface area contributed by atoms with Gasteiger partial charge in [0.15, 0.2) is 0 Å². The molecule has 0 atom stereocenters. The summed E-state index contributed by atoms with van der Waals surface area (Å²) in [6.07, 6.45) is 0.277. The number of benzene rings is 1. The molecule has 2 aromatic heterocycles.